The van der Waals surface area contributed by atoms with Crippen LogP contribution in [0.5, 0.6) is 5.75 Å². The van der Waals surface area contributed by atoms with Gasteiger partial charge in [0.25, 0.3) is 0 Å². The summed E-state index contributed by atoms with van der Waals surface area (Å²) in [5.41, 5.74) is 0.676. The lowest BCUT2D eigenvalue weighted by molar-refractivity contribution is -0.157. The van der Waals surface area contributed by atoms with Crippen LogP contribution < -0.4 is 4.74 Å². The summed E-state index contributed by atoms with van der Waals surface area (Å²) in [4.78, 5) is 12.0. The van der Waals surface area contributed by atoms with E-state index in [-0.39, 0.29) is 5.56 Å². The molecule has 0 heterocycles. The van der Waals surface area contributed by atoms with Crippen LogP contribution in [0.2, 0.25) is 0 Å². The Balaban J connectivity index is 2.17. The maximum Gasteiger partial charge on any atom is 0.402 e. The Bertz CT molecular complexity index is 738. The number of hydrogen-bond donors (Lipinski definition) is 0. The molecule has 2 aromatic rings. The Morgan fingerprint density at radius 1 is 1.08 bits per heavy atom. The van der Waals surface area contributed by atoms with Crippen molar-refractivity contribution >= 4 is 5.78 Å². The molecular weight excluding hydrogens is 317 g/mol. The Morgan fingerprint density at radius 2 is 1.71 bits per heavy atom. The van der Waals surface area contributed by atoms with Crippen molar-refractivity contribution in [3.8, 4) is 17.6 Å². The number of alkyl halides is 3. The third-order valence-electron chi connectivity index (χ3n) is 3.36. The molecule has 124 valence electrons. The maximum atomic E-state index is 13.1. The van der Waals surface area contributed by atoms with Gasteiger partial charge in [-0.25, -0.2) is 0 Å². The average molecular weight is 332 g/mol. The van der Waals surface area contributed by atoms with Gasteiger partial charge in [0, 0.05) is 17.5 Å². The molecular formula is C19H15F3O2. The van der Waals surface area contributed by atoms with E-state index < -0.39 is 24.3 Å². The fourth-order valence-electron chi connectivity index (χ4n) is 2.02. The normalized spacial score (nSPS) is 12.0. The van der Waals surface area contributed by atoms with E-state index in [0.29, 0.717) is 11.3 Å². The zero-order chi connectivity index (χ0) is 17.6. The molecule has 1 atom stereocenters. The van der Waals surface area contributed by atoms with Gasteiger partial charge in [-0.1, -0.05) is 42.2 Å². The number of ketones is 1. The summed E-state index contributed by atoms with van der Waals surface area (Å²) in [6.07, 6.45) is -5.26. The fraction of sp³-hybridized carbons (Fsp3) is 0.211. The number of carbonyl (C=O) groups is 1. The van der Waals surface area contributed by atoms with Gasteiger partial charge in [0.2, 0.25) is 0 Å². The van der Waals surface area contributed by atoms with Crippen molar-refractivity contribution in [2.75, 3.05) is 7.11 Å². The number of halogens is 3. The van der Waals surface area contributed by atoms with Crippen molar-refractivity contribution in [1.29, 1.82) is 0 Å². The van der Waals surface area contributed by atoms with Crippen molar-refractivity contribution in [1.82, 2.24) is 0 Å². The van der Waals surface area contributed by atoms with E-state index in [1.165, 1.54) is 19.2 Å². The topological polar surface area (TPSA) is 26.3 Å². The molecule has 0 saturated carbocycles. The first-order chi connectivity index (χ1) is 11.4. The van der Waals surface area contributed by atoms with Crippen LogP contribution in [-0.4, -0.2) is 19.1 Å². The number of Topliss-reactive ketones (excluding diaryl/α,β-unsaturated/α-hetero) is 1. The standard InChI is InChI=1S/C19H15F3O2/c1-24-17-11-8-14(9-12-17)7-10-16(19(20,21)22)13-18(23)15-5-3-2-4-6-15/h2-6,8-9,11-12,16H,13H2,1H3/t16-/m1/s1. The molecule has 0 radical (unpaired) electrons. The quantitative estimate of drug-likeness (QED) is 0.609. The third kappa shape index (κ3) is 4.88. The van der Waals surface area contributed by atoms with Crippen LogP contribution in [0.25, 0.3) is 0 Å². The Morgan fingerprint density at radius 3 is 2.25 bits per heavy atom. The van der Waals surface area contributed by atoms with Crippen molar-refractivity contribution in [2.24, 2.45) is 5.92 Å². The minimum Gasteiger partial charge on any atom is -0.497 e. The Kier molecular flexibility index (Phi) is 5.64. The molecule has 0 aliphatic rings. The lowest BCUT2D eigenvalue weighted by Gasteiger charge is -2.14. The van der Waals surface area contributed by atoms with Crippen molar-refractivity contribution in [2.45, 2.75) is 12.6 Å². The molecule has 0 fully saturated rings. The summed E-state index contributed by atoms with van der Waals surface area (Å²) in [7, 11) is 1.50. The summed E-state index contributed by atoms with van der Waals surface area (Å²) in [5, 5.41) is 0. The predicted molar refractivity (Wildman–Crippen MR) is 84.8 cm³/mol. The molecule has 0 spiro atoms. The molecule has 0 aliphatic carbocycles. The van der Waals surface area contributed by atoms with Gasteiger partial charge in [-0.05, 0) is 24.3 Å². The van der Waals surface area contributed by atoms with Crippen molar-refractivity contribution < 1.29 is 22.7 Å². The largest absolute Gasteiger partial charge is 0.497 e. The van der Waals surface area contributed by atoms with Gasteiger partial charge in [-0.3, -0.25) is 4.79 Å². The average Bonchev–Trinajstić information content (AvgIpc) is 2.58. The van der Waals surface area contributed by atoms with Gasteiger partial charge >= 0.3 is 6.18 Å². The molecule has 0 N–H and O–H groups in total. The van der Waals surface area contributed by atoms with Crippen LogP contribution in [-0.2, 0) is 0 Å². The zero-order valence-electron chi connectivity index (χ0n) is 12.9. The highest BCUT2D eigenvalue weighted by molar-refractivity contribution is 5.96. The van der Waals surface area contributed by atoms with E-state index >= 15 is 0 Å². The predicted octanol–water partition coefficient (Wildman–Crippen LogP) is 4.50. The first-order valence-corrected chi connectivity index (χ1v) is 7.20. The first kappa shape index (κ1) is 17.6. The summed E-state index contributed by atoms with van der Waals surface area (Å²) in [5.74, 6) is 2.66. The van der Waals surface area contributed by atoms with Crippen LogP contribution in [0, 0.1) is 17.8 Å². The van der Waals surface area contributed by atoms with Gasteiger partial charge in [0.15, 0.2) is 5.78 Å². The molecule has 2 rings (SSSR count). The van der Waals surface area contributed by atoms with E-state index in [1.807, 2.05) is 0 Å². The van der Waals surface area contributed by atoms with Gasteiger partial charge in [0.05, 0.1) is 7.11 Å². The highest BCUT2D eigenvalue weighted by Gasteiger charge is 2.39. The lowest BCUT2D eigenvalue weighted by Crippen LogP contribution is -2.24. The van der Waals surface area contributed by atoms with E-state index in [2.05, 4.69) is 11.8 Å². The molecule has 0 aliphatic heterocycles. The monoisotopic (exact) mass is 332 g/mol. The first-order valence-electron chi connectivity index (χ1n) is 7.20. The van der Waals surface area contributed by atoms with Crippen LogP contribution >= 0.6 is 0 Å². The summed E-state index contributed by atoms with van der Waals surface area (Å²) in [6.45, 7) is 0. The number of hydrogen-bond acceptors (Lipinski definition) is 2. The molecule has 2 aromatic carbocycles. The summed E-state index contributed by atoms with van der Waals surface area (Å²) < 4.78 is 44.4. The highest BCUT2D eigenvalue weighted by Crippen LogP contribution is 2.29. The highest BCUT2D eigenvalue weighted by atomic mass is 19.4. The molecule has 24 heavy (non-hydrogen) atoms. The Hall–Kier alpha value is -2.74. The van der Waals surface area contributed by atoms with Crippen LogP contribution in [0.15, 0.2) is 54.6 Å². The molecule has 2 nitrogen and oxygen atoms in total. The van der Waals surface area contributed by atoms with Crippen molar-refractivity contribution in [3.63, 3.8) is 0 Å². The fourth-order valence-corrected chi connectivity index (χ4v) is 2.02. The number of methoxy groups -OCH3 is 1. The molecule has 0 bridgehead atoms. The van der Waals surface area contributed by atoms with Crippen LogP contribution in [0.1, 0.15) is 22.3 Å². The summed E-state index contributed by atoms with van der Waals surface area (Å²) >= 11 is 0. The van der Waals surface area contributed by atoms with Crippen LogP contribution in [0.3, 0.4) is 0 Å². The van der Waals surface area contributed by atoms with E-state index in [4.69, 9.17) is 4.74 Å². The number of benzene rings is 2. The second-order valence-electron chi connectivity index (χ2n) is 5.09. The SMILES string of the molecule is COc1ccc(C#C[C@H](CC(=O)c2ccccc2)C(F)(F)F)cc1. The molecule has 5 heteroatoms. The second-order valence-corrected chi connectivity index (χ2v) is 5.09. The van der Waals surface area contributed by atoms with Crippen molar-refractivity contribution in [3.05, 3.63) is 65.7 Å². The summed E-state index contributed by atoms with van der Waals surface area (Å²) in [6, 6.07) is 14.3. The van der Waals surface area contributed by atoms with Crippen LogP contribution in [0.4, 0.5) is 13.2 Å². The van der Waals surface area contributed by atoms with E-state index in [0.717, 1.165) is 0 Å². The van der Waals surface area contributed by atoms with E-state index in [9.17, 15) is 18.0 Å². The minimum atomic E-state index is -4.57. The third-order valence-corrected chi connectivity index (χ3v) is 3.36. The second kappa shape index (κ2) is 7.69. The smallest absolute Gasteiger partial charge is 0.402 e. The van der Waals surface area contributed by atoms with E-state index in [1.54, 1.807) is 42.5 Å². The zero-order valence-corrected chi connectivity index (χ0v) is 12.9. The molecule has 0 unspecified atom stereocenters. The number of rotatable bonds is 4. The van der Waals surface area contributed by atoms with Gasteiger partial charge in [-0.2, -0.15) is 13.2 Å². The molecule has 0 amide bonds. The van der Waals surface area contributed by atoms with Gasteiger partial charge < -0.3 is 4.74 Å². The van der Waals surface area contributed by atoms with Gasteiger partial charge in [0.1, 0.15) is 11.7 Å². The number of carbonyl (C=O) groups excluding carboxylic acids is 1. The minimum absolute atomic E-state index is 0.248. The molecule has 0 aromatic heterocycles. The molecule has 0 saturated heterocycles. The lowest BCUT2D eigenvalue weighted by atomic mass is 9.97. The number of ether oxygens (including phenoxy) is 1. The Labute approximate surface area is 138 Å². The van der Waals surface area contributed by atoms with Gasteiger partial charge in [-0.15, -0.1) is 0 Å². The maximum absolute atomic E-state index is 13.1.